The lowest BCUT2D eigenvalue weighted by atomic mass is 10.0. The Bertz CT molecular complexity index is 709. The zero-order chi connectivity index (χ0) is 17.4. The number of piperazine rings is 1. The molecule has 1 fully saturated rings. The van der Waals surface area contributed by atoms with Gasteiger partial charge >= 0.3 is 0 Å². The summed E-state index contributed by atoms with van der Waals surface area (Å²) in [5.74, 6) is -1.36. The van der Waals surface area contributed by atoms with Gasteiger partial charge in [0.2, 0.25) is 15.9 Å². The molecule has 1 atom stereocenters. The van der Waals surface area contributed by atoms with Gasteiger partial charge in [0.15, 0.2) is 0 Å². The van der Waals surface area contributed by atoms with E-state index in [9.17, 15) is 17.6 Å². The standard InChI is InChI=1S/C15H20ClFN2O3S/c1-10(2)14-15(20)18(3)6-7-19(14)23(21,22)9-11-8-12(17)4-5-13(11)16/h4-5,8,10,14H,6-7,9H2,1-3H3. The van der Waals surface area contributed by atoms with Crippen LogP contribution in [-0.4, -0.2) is 49.7 Å². The third-order valence-electron chi connectivity index (χ3n) is 3.93. The number of carbonyl (C=O) groups is 1. The van der Waals surface area contributed by atoms with Crippen LogP contribution in [0.1, 0.15) is 19.4 Å². The molecule has 128 valence electrons. The minimum atomic E-state index is -3.79. The van der Waals surface area contributed by atoms with Crippen molar-refractivity contribution in [2.45, 2.75) is 25.6 Å². The number of hydrogen-bond donors (Lipinski definition) is 0. The first-order valence-corrected chi connectivity index (χ1v) is 9.30. The lowest BCUT2D eigenvalue weighted by Gasteiger charge is -2.40. The summed E-state index contributed by atoms with van der Waals surface area (Å²) in [6, 6.07) is 2.87. The highest BCUT2D eigenvalue weighted by Gasteiger charge is 2.41. The summed E-state index contributed by atoms with van der Waals surface area (Å²) in [5, 5.41) is 0.191. The molecule has 23 heavy (non-hydrogen) atoms. The third kappa shape index (κ3) is 3.84. The average Bonchev–Trinajstić information content (AvgIpc) is 2.44. The number of halogens is 2. The summed E-state index contributed by atoms with van der Waals surface area (Å²) < 4.78 is 40.1. The van der Waals surface area contributed by atoms with E-state index in [1.54, 1.807) is 20.9 Å². The minimum Gasteiger partial charge on any atom is -0.343 e. The topological polar surface area (TPSA) is 57.7 Å². The van der Waals surface area contributed by atoms with E-state index in [2.05, 4.69) is 0 Å². The first kappa shape index (κ1) is 18.2. The molecule has 0 aromatic heterocycles. The van der Waals surface area contributed by atoms with Crippen molar-refractivity contribution >= 4 is 27.5 Å². The van der Waals surface area contributed by atoms with Crippen molar-refractivity contribution in [2.24, 2.45) is 5.92 Å². The number of hydrogen-bond acceptors (Lipinski definition) is 3. The van der Waals surface area contributed by atoms with Crippen LogP contribution in [0, 0.1) is 11.7 Å². The molecule has 1 amide bonds. The van der Waals surface area contributed by atoms with E-state index in [1.807, 2.05) is 0 Å². The highest BCUT2D eigenvalue weighted by atomic mass is 35.5. The molecule has 8 heteroatoms. The minimum absolute atomic E-state index is 0.164. The van der Waals surface area contributed by atoms with E-state index >= 15 is 0 Å². The van der Waals surface area contributed by atoms with Crippen LogP contribution in [0.4, 0.5) is 4.39 Å². The first-order chi connectivity index (χ1) is 10.6. The van der Waals surface area contributed by atoms with Gasteiger partial charge in [0, 0.05) is 25.2 Å². The molecular formula is C15H20ClFN2O3S. The van der Waals surface area contributed by atoms with E-state index in [0.717, 1.165) is 6.07 Å². The quantitative estimate of drug-likeness (QED) is 0.824. The van der Waals surface area contributed by atoms with Crippen molar-refractivity contribution < 1.29 is 17.6 Å². The lowest BCUT2D eigenvalue weighted by Crippen LogP contribution is -2.59. The Morgan fingerprint density at radius 2 is 2.00 bits per heavy atom. The molecule has 0 radical (unpaired) electrons. The monoisotopic (exact) mass is 362 g/mol. The summed E-state index contributed by atoms with van der Waals surface area (Å²) in [6.07, 6.45) is 0. The maximum Gasteiger partial charge on any atom is 0.241 e. The molecule has 1 aliphatic heterocycles. The Morgan fingerprint density at radius 3 is 2.61 bits per heavy atom. The summed E-state index contributed by atoms with van der Waals surface area (Å²) in [4.78, 5) is 13.9. The van der Waals surface area contributed by atoms with Crippen molar-refractivity contribution in [2.75, 3.05) is 20.1 Å². The van der Waals surface area contributed by atoms with Crippen molar-refractivity contribution in [3.63, 3.8) is 0 Å². The molecule has 2 rings (SSSR count). The molecule has 1 aliphatic rings. The molecule has 5 nitrogen and oxygen atoms in total. The molecule has 0 spiro atoms. The van der Waals surface area contributed by atoms with E-state index in [0.29, 0.717) is 6.54 Å². The van der Waals surface area contributed by atoms with Crippen LogP contribution in [0.25, 0.3) is 0 Å². The Hall–Kier alpha value is -1.18. The second-order valence-corrected chi connectivity index (χ2v) is 8.38. The second kappa shape index (κ2) is 6.75. The Labute approximate surface area is 141 Å². The van der Waals surface area contributed by atoms with E-state index in [-0.39, 0.29) is 29.0 Å². The van der Waals surface area contributed by atoms with Gasteiger partial charge in [-0.25, -0.2) is 12.8 Å². The SMILES string of the molecule is CC(C)C1C(=O)N(C)CCN1S(=O)(=O)Cc1cc(F)ccc1Cl. The molecule has 1 saturated heterocycles. The fraction of sp³-hybridized carbons (Fsp3) is 0.533. The van der Waals surface area contributed by atoms with Gasteiger partial charge in [-0.1, -0.05) is 25.4 Å². The number of nitrogens with zero attached hydrogens (tertiary/aromatic N) is 2. The fourth-order valence-electron chi connectivity index (χ4n) is 2.71. The molecule has 0 bridgehead atoms. The zero-order valence-corrected chi connectivity index (χ0v) is 14.9. The highest BCUT2D eigenvalue weighted by molar-refractivity contribution is 7.88. The van der Waals surface area contributed by atoms with Gasteiger partial charge in [-0.05, 0) is 29.7 Å². The number of likely N-dealkylation sites (N-methyl/N-ethyl adjacent to an activating group) is 1. The van der Waals surface area contributed by atoms with Crippen LogP contribution in [0.15, 0.2) is 18.2 Å². The molecule has 0 N–H and O–H groups in total. The molecule has 1 aromatic rings. The molecular weight excluding hydrogens is 343 g/mol. The highest BCUT2D eigenvalue weighted by Crippen LogP contribution is 2.26. The van der Waals surface area contributed by atoms with Gasteiger partial charge in [-0.2, -0.15) is 4.31 Å². The van der Waals surface area contributed by atoms with E-state index in [4.69, 9.17) is 11.6 Å². The largest absolute Gasteiger partial charge is 0.343 e. The molecule has 1 heterocycles. The van der Waals surface area contributed by atoms with Crippen LogP contribution in [0.5, 0.6) is 0 Å². The van der Waals surface area contributed by atoms with E-state index in [1.165, 1.54) is 21.3 Å². The van der Waals surface area contributed by atoms with Crippen LogP contribution >= 0.6 is 11.6 Å². The molecule has 0 saturated carbocycles. The second-order valence-electron chi connectivity index (χ2n) is 6.05. The summed E-state index contributed by atoms with van der Waals surface area (Å²) in [6.45, 7) is 4.16. The van der Waals surface area contributed by atoms with Gasteiger partial charge in [-0.3, -0.25) is 4.79 Å². The Morgan fingerprint density at radius 1 is 1.35 bits per heavy atom. The molecule has 1 unspecified atom stereocenters. The van der Waals surface area contributed by atoms with Gasteiger partial charge in [-0.15, -0.1) is 0 Å². The average molecular weight is 363 g/mol. The predicted molar refractivity (Wildman–Crippen MR) is 87.0 cm³/mol. The number of rotatable bonds is 4. The number of sulfonamides is 1. The molecule has 1 aromatic carbocycles. The van der Waals surface area contributed by atoms with Crippen LogP contribution in [0.2, 0.25) is 5.02 Å². The van der Waals surface area contributed by atoms with Gasteiger partial charge in [0.05, 0.1) is 5.75 Å². The zero-order valence-electron chi connectivity index (χ0n) is 13.3. The molecule has 0 aliphatic carbocycles. The maximum atomic E-state index is 13.4. The van der Waals surface area contributed by atoms with Crippen LogP contribution in [0.3, 0.4) is 0 Å². The van der Waals surface area contributed by atoms with E-state index < -0.39 is 27.6 Å². The van der Waals surface area contributed by atoms with Gasteiger partial charge < -0.3 is 4.90 Å². The van der Waals surface area contributed by atoms with Crippen LogP contribution in [-0.2, 0) is 20.6 Å². The van der Waals surface area contributed by atoms with Gasteiger partial charge in [0.25, 0.3) is 0 Å². The lowest BCUT2D eigenvalue weighted by molar-refractivity contribution is -0.138. The maximum absolute atomic E-state index is 13.4. The number of amides is 1. The first-order valence-electron chi connectivity index (χ1n) is 7.32. The summed E-state index contributed by atoms with van der Waals surface area (Å²) in [7, 11) is -2.13. The third-order valence-corrected chi connectivity index (χ3v) is 6.10. The Kier molecular flexibility index (Phi) is 5.33. The number of benzene rings is 1. The normalized spacial score (nSPS) is 20.3. The van der Waals surface area contributed by atoms with Gasteiger partial charge in [0.1, 0.15) is 11.9 Å². The van der Waals surface area contributed by atoms with Crippen molar-refractivity contribution in [1.82, 2.24) is 9.21 Å². The van der Waals surface area contributed by atoms with Crippen molar-refractivity contribution in [3.05, 3.63) is 34.6 Å². The number of carbonyl (C=O) groups excluding carboxylic acids is 1. The van der Waals surface area contributed by atoms with Crippen LogP contribution < -0.4 is 0 Å². The van der Waals surface area contributed by atoms with Crippen molar-refractivity contribution in [3.8, 4) is 0 Å². The fourth-order valence-corrected chi connectivity index (χ4v) is 4.81. The smallest absolute Gasteiger partial charge is 0.241 e. The summed E-state index contributed by atoms with van der Waals surface area (Å²) >= 11 is 5.97. The Balaban J connectivity index is 2.34. The summed E-state index contributed by atoms with van der Waals surface area (Å²) in [5.41, 5.74) is 0.195. The predicted octanol–water partition coefficient (Wildman–Crippen LogP) is 2.11. The van der Waals surface area contributed by atoms with Crippen molar-refractivity contribution in [1.29, 1.82) is 0 Å².